The number of rotatable bonds is 8. The van der Waals surface area contributed by atoms with Gasteiger partial charge in [-0.25, -0.2) is 0 Å². The third kappa shape index (κ3) is 4.02. The van der Waals surface area contributed by atoms with E-state index in [1.54, 1.807) is 12.1 Å². The van der Waals surface area contributed by atoms with Crippen LogP contribution in [-0.4, -0.2) is 12.9 Å². The Kier molecular flexibility index (Phi) is 6.15. The van der Waals surface area contributed by atoms with Gasteiger partial charge < -0.3 is 4.74 Å². The largest absolute Gasteiger partial charge is 0.494 e. The number of carbonyl (C=O) groups excluding carboxylic acids is 1. The van der Waals surface area contributed by atoms with Gasteiger partial charge in [-0.2, -0.15) is 0 Å². The summed E-state index contributed by atoms with van der Waals surface area (Å²) in [5.74, 6) is 0.805. The van der Waals surface area contributed by atoms with Crippen LogP contribution in [-0.2, 0) is 5.41 Å². The van der Waals surface area contributed by atoms with Crippen molar-refractivity contribution >= 4 is 22.2 Å². The fraction of sp³-hybridized carbons (Fsp3) is 0.167. The molecule has 4 aromatic rings. The molecule has 0 N–H and O–H groups in total. The molecule has 1 aliphatic carbocycles. The van der Waals surface area contributed by atoms with Crippen molar-refractivity contribution in [2.45, 2.75) is 24.7 Å². The maximum Gasteiger partial charge on any atom is 0.150 e. The van der Waals surface area contributed by atoms with Crippen LogP contribution in [0.2, 0.25) is 0 Å². The number of fused-ring (bicyclic) bond motifs is 3. The zero-order valence-electron chi connectivity index (χ0n) is 18.3. The molecule has 0 aliphatic heterocycles. The van der Waals surface area contributed by atoms with Crippen molar-refractivity contribution in [2.75, 3.05) is 6.61 Å². The minimum Gasteiger partial charge on any atom is -0.494 e. The Hall–Kier alpha value is -3.17. The molecule has 0 amide bonds. The summed E-state index contributed by atoms with van der Waals surface area (Å²) >= 11 is 3.72. The molecule has 164 valence electrons. The molecule has 0 saturated carbocycles. The lowest BCUT2D eigenvalue weighted by atomic mass is 9.69. The molecule has 0 aromatic heterocycles. The summed E-state index contributed by atoms with van der Waals surface area (Å²) < 4.78 is 7.05. The molecular formula is C30H25BrO2. The smallest absolute Gasteiger partial charge is 0.150 e. The molecule has 0 bridgehead atoms. The second kappa shape index (κ2) is 9.36. The second-order valence-corrected chi connectivity index (χ2v) is 9.41. The Morgan fingerprint density at radius 3 is 2.27 bits per heavy atom. The van der Waals surface area contributed by atoms with Gasteiger partial charge in [-0.3, -0.25) is 4.79 Å². The van der Waals surface area contributed by atoms with Gasteiger partial charge in [0.1, 0.15) is 12.0 Å². The van der Waals surface area contributed by atoms with Crippen molar-refractivity contribution < 1.29 is 9.53 Å². The number of aldehydes is 1. The fourth-order valence-corrected chi connectivity index (χ4v) is 5.47. The van der Waals surface area contributed by atoms with Crippen LogP contribution in [0.4, 0.5) is 0 Å². The fourth-order valence-electron chi connectivity index (χ4n) is 5.11. The molecule has 3 heteroatoms. The molecule has 0 spiro atoms. The molecule has 5 rings (SSSR count). The number of ether oxygens (including phenoxy) is 1. The van der Waals surface area contributed by atoms with Crippen molar-refractivity contribution in [2.24, 2.45) is 0 Å². The van der Waals surface area contributed by atoms with Crippen LogP contribution in [0.25, 0.3) is 11.1 Å². The molecule has 4 aromatic carbocycles. The Morgan fingerprint density at radius 2 is 1.48 bits per heavy atom. The van der Waals surface area contributed by atoms with Crippen LogP contribution in [0.1, 0.15) is 46.3 Å². The van der Waals surface area contributed by atoms with E-state index in [4.69, 9.17) is 4.74 Å². The monoisotopic (exact) mass is 496 g/mol. The van der Waals surface area contributed by atoms with Crippen molar-refractivity contribution in [1.29, 1.82) is 0 Å². The molecule has 1 aliphatic rings. The van der Waals surface area contributed by atoms with E-state index in [1.807, 2.05) is 12.1 Å². The van der Waals surface area contributed by atoms with Gasteiger partial charge in [-0.05, 0) is 83.5 Å². The standard InChI is InChI=1S/C30H25BrO2/c31-24-14-17-27-26-10-4-5-11-28(26)30(29(27)20-24,23-8-2-1-3-9-23)18-6-7-19-33-25-15-12-22(21-32)13-16-25/h1-5,8-17,20-21H,6-7,18-19H2. The molecule has 0 saturated heterocycles. The van der Waals surface area contributed by atoms with Crippen molar-refractivity contribution in [3.63, 3.8) is 0 Å². The maximum atomic E-state index is 10.8. The highest BCUT2D eigenvalue weighted by atomic mass is 79.9. The van der Waals surface area contributed by atoms with Crippen LogP contribution in [0.5, 0.6) is 5.75 Å². The van der Waals surface area contributed by atoms with E-state index in [9.17, 15) is 4.79 Å². The SMILES string of the molecule is O=Cc1ccc(OCCCCC2(c3ccccc3)c3ccccc3-c3ccc(Br)cc32)cc1. The van der Waals surface area contributed by atoms with Gasteiger partial charge in [0.15, 0.2) is 0 Å². The summed E-state index contributed by atoms with van der Waals surface area (Å²) in [5, 5.41) is 0. The molecule has 0 heterocycles. The second-order valence-electron chi connectivity index (χ2n) is 8.50. The number of unbranched alkanes of at least 4 members (excludes halogenated alkanes) is 1. The Balaban J connectivity index is 1.43. The zero-order valence-corrected chi connectivity index (χ0v) is 19.9. The van der Waals surface area contributed by atoms with E-state index >= 15 is 0 Å². The summed E-state index contributed by atoms with van der Waals surface area (Å²) in [6.45, 7) is 0.651. The average Bonchev–Trinajstić information content (AvgIpc) is 3.14. The number of halogens is 1. The highest BCUT2D eigenvalue weighted by Gasteiger charge is 2.43. The number of benzene rings is 4. The van der Waals surface area contributed by atoms with Crippen LogP contribution < -0.4 is 4.74 Å². The number of hydrogen-bond acceptors (Lipinski definition) is 2. The van der Waals surface area contributed by atoms with Crippen molar-refractivity contribution in [3.8, 4) is 16.9 Å². The lowest BCUT2D eigenvalue weighted by Crippen LogP contribution is -2.27. The lowest BCUT2D eigenvalue weighted by molar-refractivity contribution is 0.112. The summed E-state index contributed by atoms with van der Waals surface area (Å²) in [5.41, 5.74) is 7.23. The van der Waals surface area contributed by atoms with E-state index in [0.29, 0.717) is 12.2 Å². The molecule has 0 fully saturated rings. The highest BCUT2D eigenvalue weighted by molar-refractivity contribution is 9.10. The summed E-state index contributed by atoms with van der Waals surface area (Å²) in [6, 6.07) is 33.7. The van der Waals surface area contributed by atoms with E-state index in [2.05, 4.69) is 88.7 Å². The third-order valence-electron chi connectivity index (χ3n) is 6.62. The van der Waals surface area contributed by atoms with Gasteiger partial charge in [-0.15, -0.1) is 0 Å². The first-order valence-corrected chi connectivity index (χ1v) is 12.2. The number of hydrogen-bond donors (Lipinski definition) is 0. The first-order valence-electron chi connectivity index (χ1n) is 11.4. The summed E-state index contributed by atoms with van der Waals surface area (Å²) in [6.07, 6.45) is 3.84. The minimum absolute atomic E-state index is 0.178. The average molecular weight is 497 g/mol. The zero-order chi connectivity index (χ0) is 22.7. The minimum atomic E-state index is -0.178. The molecule has 33 heavy (non-hydrogen) atoms. The predicted octanol–water partition coefficient (Wildman–Crippen LogP) is 7.83. The highest BCUT2D eigenvalue weighted by Crippen LogP contribution is 2.55. The molecule has 2 nitrogen and oxygen atoms in total. The van der Waals surface area contributed by atoms with Gasteiger partial charge in [0, 0.05) is 15.5 Å². The Morgan fingerprint density at radius 1 is 0.758 bits per heavy atom. The van der Waals surface area contributed by atoms with Gasteiger partial charge in [0.2, 0.25) is 0 Å². The van der Waals surface area contributed by atoms with E-state index in [0.717, 1.165) is 35.8 Å². The van der Waals surface area contributed by atoms with Gasteiger partial charge >= 0.3 is 0 Å². The number of carbonyl (C=O) groups is 1. The van der Waals surface area contributed by atoms with Gasteiger partial charge in [0.25, 0.3) is 0 Å². The molecule has 0 radical (unpaired) electrons. The molecule has 1 unspecified atom stereocenters. The van der Waals surface area contributed by atoms with Crippen LogP contribution in [0, 0.1) is 0 Å². The Bertz CT molecular complexity index is 1260. The first kappa shape index (κ1) is 21.7. The predicted molar refractivity (Wildman–Crippen MR) is 137 cm³/mol. The van der Waals surface area contributed by atoms with Crippen molar-refractivity contribution in [3.05, 3.63) is 124 Å². The van der Waals surface area contributed by atoms with Crippen LogP contribution >= 0.6 is 15.9 Å². The topological polar surface area (TPSA) is 26.3 Å². The van der Waals surface area contributed by atoms with E-state index in [1.165, 1.54) is 27.8 Å². The van der Waals surface area contributed by atoms with Crippen LogP contribution in [0.3, 0.4) is 0 Å². The Labute approximate surface area is 203 Å². The lowest BCUT2D eigenvalue weighted by Gasteiger charge is -2.33. The van der Waals surface area contributed by atoms with Gasteiger partial charge in [0.05, 0.1) is 6.61 Å². The van der Waals surface area contributed by atoms with Gasteiger partial charge in [-0.1, -0.05) is 76.6 Å². The quantitative estimate of drug-likeness (QED) is 0.183. The third-order valence-corrected chi connectivity index (χ3v) is 7.11. The first-order chi connectivity index (χ1) is 16.2. The van der Waals surface area contributed by atoms with Crippen molar-refractivity contribution in [1.82, 2.24) is 0 Å². The van der Waals surface area contributed by atoms with E-state index < -0.39 is 0 Å². The summed E-state index contributed by atoms with van der Waals surface area (Å²) in [7, 11) is 0. The molecular weight excluding hydrogens is 472 g/mol. The maximum absolute atomic E-state index is 10.8. The normalized spacial score (nSPS) is 16.2. The van der Waals surface area contributed by atoms with E-state index in [-0.39, 0.29) is 5.41 Å². The van der Waals surface area contributed by atoms with Crippen LogP contribution in [0.15, 0.2) is 102 Å². The molecule has 1 atom stereocenters. The summed E-state index contributed by atoms with van der Waals surface area (Å²) in [4.78, 5) is 10.8.